The number of rotatable bonds is 2. The van der Waals surface area contributed by atoms with Crippen molar-refractivity contribution in [2.24, 2.45) is 0 Å². The molecule has 1 heterocycles. The quantitative estimate of drug-likeness (QED) is 0.796. The number of nitrogens with one attached hydrogen (secondary N) is 1. The fourth-order valence-corrected chi connectivity index (χ4v) is 0.792. The van der Waals surface area contributed by atoms with Gasteiger partial charge in [-0.2, -0.15) is 13.2 Å². The molecule has 0 aliphatic rings. The Balaban J connectivity index is 2.56. The zero-order valence-corrected chi connectivity index (χ0v) is 7.18. The Morgan fingerprint density at radius 3 is 2.71 bits per heavy atom. The molecule has 7 heteroatoms. The van der Waals surface area contributed by atoms with E-state index in [0.29, 0.717) is 0 Å². The Kier molecular flexibility index (Phi) is 2.78. The molecule has 0 aliphatic carbocycles. The van der Waals surface area contributed by atoms with E-state index in [1.165, 1.54) is 6.92 Å². The van der Waals surface area contributed by atoms with E-state index in [1.807, 2.05) is 0 Å². The average Bonchev–Trinajstić information content (AvgIpc) is 2.46. The minimum Gasteiger partial charge on any atom is -0.361 e. The lowest BCUT2D eigenvalue weighted by Crippen LogP contribution is -2.33. The van der Waals surface area contributed by atoms with E-state index < -0.39 is 18.6 Å². The summed E-state index contributed by atoms with van der Waals surface area (Å²) in [7, 11) is 0. The summed E-state index contributed by atoms with van der Waals surface area (Å²) in [4.78, 5) is 11.1. The van der Waals surface area contributed by atoms with Gasteiger partial charge in [0.1, 0.15) is 17.9 Å². The van der Waals surface area contributed by atoms with Crippen molar-refractivity contribution >= 4 is 5.91 Å². The number of hydrogen-bond acceptors (Lipinski definition) is 3. The van der Waals surface area contributed by atoms with Crippen LogP contribution in [0, 0.1) is 6.92 Å². The maximum absolute atomic E-state index is 11.7. The Morgan fingerprint density at radius 2 is 2.29 bits per heavy atom. The second-order valence-corrected chi connectivity index (χ2v) is 2.59. The molecule has 1 aromatic heterocycles. The summed E-state index contributed by atoms with van der Waals surface area (Å²) < 4.78 is 39.6. The van der Waals surface area contributed by atoms with Crippen molar-refractivity contribution in [1.82, 2.24) is 10.5 Å². The van der Waals surface area contributed by atoms with E-state index in [1.54, 1.807) is 5.32 Å². The van der Waals surface area contributed by atoms with Crippen LogP contribution in [0.15, 0.2) is 10.7 Å². The smallest absolute Gasteiger partial charge is 0.361 e. The molecule has 0 saturated heterocycles. The lowest BCUT2D eigenvalue weighted by molar-refractivity contribution is -0.123. The fourth-order valence-electron chi connectivity index (χ4n) is 0.792. The SMILES string of the molecule is Cc1oncc1C(=O)NCC(F)(F)F. The van der Waals surface area contributed by atoms with Crippen LogP contribution in [0.4, 0.5) is 13.2 Å². The third-order valence-corrected chi connectivity index (χ3v) is 1.44. The van der Waals surface area contributed by atoms with Crippen molar-refractivity contribution in [3.8, 4) is 0 Å². The highest BCUT2D eigenvalue weighted by molar-refractivity contribution is 5.94. The molecule has 0 aromatic carbocycles. The van der Waals surface area contributed by atoms with E-state index in [2.05, 4.69) is 9.68 Å². The number of aryl methyl sites for hydroxylation is 1. The monoisotopic (exact) mass is 208 g/mol. The molecule has 0 fully saturated rings. The third kappa shape index (κ3) is 2.75. The molecule has 0 aliphatic heterocycles. The molecule has 0 radical (unpaired) electrons. The summed E-state index contributed by atoms with van der Waals surface area (Å²) in [6, 6.07) is 0. The van der Waals surface area contributed by atoms with Gasteiger partial charge in [-0.1, -0.05) is 5.16 Å². The minimum atomic E-state index is -4.42. The Bertz CT molecular complexity index is 332. The van der Waals surface area contributed by atoms with Crippen LogP contribution in [0.2, 0.25) is 0 Å². The molecule has 1 amide bonds. The number of carbonyl (C=O) groups excluding carboxylic acids is 1. The summed E-state index contributed by atoms with van der Waals surface area (Å²) in [5.74, 6) is -0.661. The highest BCUT2D eigenvalue weighted by Crippen LogP contribution is 2.13. The van der Waals surface area contributed by atoms with Crippen LogP contribution in [0.5, 0.6) is 0 Å². The first-order chi connectivity index (χ1) is 6.40. The number of halogens is 3. The standard InChI is InChI=1S/C7H7F3N2O2/c1-4-5(2-12-14-4)6(13)11-3-7(8,9)10/h2H,3H2,1H3,(H,11,13). The van der Waals surface area contributed by atoms with Crippen LogP contribution in [0.3, 0.4) is 0 Å². The van der Waals surface area contributed by atoms with Crippen molar-refractivity contribution in [3.63, 3.8) is 0 Å². The molecule has 1 aromatic rings. The molecular formula is C7H7F3N2O2. The average molecular weight is 208 g/mol. The molecule has 0 unspecified atom stereocenters. The van der Waals surface area contributed by atoms with Gasteiger partial charge in [0.2, 0.25) is 0 Å². The van der Waals surface area contributed by atoms with E-state index >= 15 is 0 Å². The van der Waals surface area contributed by atoms with Gasteiger partial charge < -0.3 is 9.84 Å². The van der Waals surface area contributed by atoms with Gasteiger partial charge in [0.15, 0.2) is 0 Å². The zero-order valence-electron chi connectivity index (χ0n) is 7.18. The molecule has 4 nitrogen and oxygen atoms in total. The highest BCUT2D eigenvalue weighted by Gasteiger charge is 2.28. The van der Waals surface area contributed by atoms with Crippen LogP contribution in [-0.4, -0.2) is 23.8 Å². The zero-order chi connectivity index (χ0) is 10.8. The number of alkyl halides is 3. The summed E-state index contributed by atoms with van der Waals surface area (Å²) in [6.45, 7) is 0.0754. The molecular weight excluding hydrogens is 201 g/mol. The molecule has 1 N–H and O–H groups in total. The van der Waals surface area contributed by atoms with E-state index in [0.717, 1.165) is 6.20 Å². The van der Waals surface area contributed by atoms with Crippen molar-refractivity contribution in [3.05, 3.63) is 17.5 Å². The predicted molar refractivity (Wildman–Crippen MR) is 39.6 cm³/mol. The van der Waals surface area contributed by atoms with E-state index in [4.69, 9.17) is 0 Å². The van der Waals surface area contributed by atoms with Gasteiger partial charge in [0.05, 0.1) is 6.20 Å². The summed E-state index contributed by atoms with van der Waals surface area (Å²) >= 11 is 0. The fraction of sp³-hybridized carbons (Fsp3) is 0.429. The van der Waals surface area contributed by atoms with E-state index in [9.17, 15) is 18.0 Å². The molecule has 14 heavy (non-hydrogen) atoms. The normalized spacial score (nSPS) is 11.4. The number of nitrogens with zero attached hydrogens (tertiary/aromatic N) is 1. The minimum absolute atomic E-state index is 0.00856. The third-order valence-electron chi connectivity index (χ3n) is 1.44. The molecule has 78 valence electrons. The van der Waals surface area contributed by atoms with Crippen molar-refractivity contribution in [2.75, 3.05) is 6.54 Å². The molecule has 0 spiro atoms. The number of aromatic nitrogens is 1. The van der Waals surface area contributed by atoms with Crippen molar-refractivity contribution < 1.29 is 22.5 Å². The van der Waals surface area contributed by atoms with Crippen LogP contribution in [0.25, 0.3) is 0 Å². The second kappa shape index (κ2) is 3.69. The summed E-state index contributed by atoms with van der Waals surface area (Å²) in [6.07, 6.45) is -3.35. The van der Waals surface area contributed by atoms with Gasteiger partial charge in [-0.3, -0.25) is 4.79 Å². The predicted octanol–water partition coefficient (Wildman–Crippen LogP) is 1.28. The maximum atomic E-state index is 11.7. The first-order valence-electron chi connectivity index (χ1n) is 3.66. The molecule has 0 saturated carbocycles. The Labute approximate surface area is 77.1 Å². The van der Waals surface area contributed by atoms with Gasteiger partial charge in [0, 0.05) is 0 Å². The van der Waals surface area contributed by atoms with Gasteiger partial charge in [-0.15, -0.1) is 0 Å². The topological polar surface area (TPSA) is 55.1 Å². The summed E-state index contributed by atoms with van der Waals surface area (Å²) in [5.41, 5.74) is 0.00856. The Morgan fingerprint density at radius 1 is 1.64 bits per heavy atom. The maximum Gasteiger partial charge on any atom is 0.405 e. The van der Waals surface area contributed by atoms with Crippen LogP contribution < -0.4 is 5.32 Å². The van der Waals surface area contributed by atoms with Crippen molar-refractivity contribution in [2.45, 2.75) is 13.1 Å². The van der Waals surface area contributed by atoms with Crippen LogP contribution in [-0.2, 0) is 0 Å². The lowest BCUT2D eigenvalue weighted by Gasteiger charge is -2.06. The lowest BCUT2D eigenvalue weighted by atomic mass is 10.2. The number of carbonyl (C=O) groups is 1. The molecule has 0 atom stereocenters. The first-order valence-corrected chi connectivity index (χ1v) is 3.66. The molecule has 0 bridgehead atoms. The molecule has 1 rings (SSSR count). The van der Waals surface area contributed by atoms with Crippen LogP contribution >= 0.6 is 0 Å². The van der Waals surface area contributed by atoms with Gasteiger partial charge in [0.25, 0.3) is 5.91 Å². The van der Waals surface area contributed by atoms with Crippen molar-refractivity contribution in [1.29, 1.82) is 0 Å². The van der Waals surface area contributed by atoms with E-state index in [-0.39, 0.29) is 11.3 Å². The van der Waals surface area contributed by atoms with Crippen LogP contribution in [0.1, 0.15) is 16.1 Å². The first kappa shape index (κ1) is 10.6. The number of hydrogen-bond donors (Lipinski definition) is 1. The number of amides is 1. The largest absolute Gasteiger partial charge is 0.405 e. The van der Waals surface area contributed by atoms with Gasteiger partial charge >= 0.3 is 6.18 Å². The van der Waals surface area contributed by atoms with Gasteiger partial charge in [-0.05, 0) is 6.92 Å². The summed E-state index contributed by atoms with van der Waals surface area (Å²) in [5, 5.41) is 4.97. The van der Waals surface area contributed by atoms with Gasteiger partial charge in [-0.25, -0.2) is 0 Å². The Hall–Kier alpha value is -1.53. The second-order valence-electron chi connectivity index (χ2n) is 2.59. The highest BCUT2D eigenvalue weighted by atomic mass is 19.4.